The molecule has 0 aromatic heterocycles. The second-order valence-corrected chi connectivity index (χ2v) is 2.52. The fraction of sp³-hybridized carbons (Fsp3) is 0.222. The van der Waals surface area contributed by atoms with Crippen LogP contribution in [-0.2, 0) is 0 Å². The van der Waals surface area contributed by atoms with Crippen molar-refractivity contribution in [3.8, 4) is 5.75 Å². The standard InChI is InChI=1S/C9H10O4/c1-6(10)13-8-5-3-2-4-7(8)9(11)12/h2-6,10H,1H3,(H,11,12). The summed E-state index contributed by atoms with van der Waals surface area (Å²) < 4.78 is 4.88. The molecular formula is C9H10O4. The lowest BCUT2D eigenvalue weighted by Gasteiger charge is -2.10. The van der Waals surface area contributed by atoms with Crippen LogP contribution in [0, 0.1) is 0 Å². The Hall–Kier alpha value is -1.55. The van der Waals surface area contributed by atoms with Crippen molar-refractivity contribution in [2.75, 3.05) is 0 Å². The maximum absolute atomic E-state index is 10.6. The van der Waals surface area contributed by atoms with Gasteiger partial charge >= 0.3 is 5.97 Å². The van der Waals surface area contributed by atoms with Gasteiger partial charge in [-0.15, -0.1) is 0 Å². The van der Waals surface area contributed by atoms with Gasteiger partial charge in [0.1, 0.15) is 11.3 Å². The highest BCUT2D eigenvalue weighted by Crippen LogP contribution is 2.18. The van der Waals surface area contributed by atoms with Gasteiger partial charge in [-0.2, -0.15) is 0 Å². The van der Waals surface area contributed by atoms with Crippen LogP contribution in [0.25, 0.3) is 0 Å². The Labute approximate surface area is 75.4 Å². The van der Waals surface area contributed by atoms with Crippen molar-refractivity contribution in [1.82, 2.24) is 0 Å². The predicted octanol–water partition coefficient (Wildman–Crippen LogP) is 1.10. The Balaban J connectivity index is 2.98. The number of carboxylic acid groups (broad SMARTS) is 1. The molecule has 2 N–H and O–H groups in total. The molecule has 1 aromatic rings. The number of carboxylic acids is 1. The molecular weight excluding hydrogens is 172 g/mol. The van der Waals surface area contributed by atoms with Crippen LogP contribution in [0.5, 0.6) is 5.75 Å². The summed E-state index contributed by atoms with van der Waals surface area (Å²) in [4.78, 5) is 10.6. The lowest BCUT2D eigenvalue weighted by molar-refractivity contribution is -0.00116. The normalized spacial score (nSPS) is 12.2. The zero-order chi connectivity index (χ0) is 9.84. The number of hydrogen-bond acceptors (Lipinski definition) is 3. The molecule has 0 spiro atoms. The van der Waals surface area contributed by atoms with Crippen LogP contribution in [0.4, 0.5) is 0 Å². The van der Waals surface area contributed by atoms with Crippen molar-refractivity contribution in [1.29, 1.82) is 0 Å². The van der Waals surface area contributed by atoms with Gasteiger partial charge in [0.05, 0.1) is 0 Å². The maximum atomic E-state index is 10.6. The van der Waals surface area contributed by atoms with Gasteiger partial charge in [-0.3, -0.25) is 0 Å². The molecule has 0 heterocycles. The number of benzene rings is 1. The molecule has 1 aromatic carbocycles. The Kier molecular flexibility index (Phi) is 2.87. The summed E-state index contributed by atoms with van der Waals surface area (Å²) in [6, 6.07) is 6.15. The van der Waals surface area contributed by atoms with E-state index in [0.717, 1.165) is 0 Å². The number of aliphatic hydroxyl groups excluding tert-OH is 1. The Morgan fingerprint density at radius 1 is 1.46 bits per heavy atom. The molecule has 0 saturated carbocycles. The maximum Gasteiger partial charge on any atom is 0.339 e. The van der Waals surface area contributed by atoms with Crippen LogP contribution >= 0.6 is 0 Å². The van der Waals surface area contributed by atoms with E-state index in [0.29, 0.717) is 0 Å². The predicted molar refractivity (Wildman–Crippen MR) is 45.7 cm³/mol. The van der Waals surface area contributed by atoms with Gasteiger partial charge in [-0.25, -0.2) is 4.79 Å². The molecule has 13 heavy (non-hydrogen) atoms. The number of carbonyl (C=O) groups is 1. The van der Waals surface area contributed by atoms with Crippen molar-refractivity contribution >= 4 is 5.97 Å². The Morgan fingerprint density at radius 2 is 2.08 bits per heavy atom. The first-order valence-corrected chi connectivity index (χ1v) is 3.78. The minimum absolute atomic E-state index is 0.0448. The van der Waals surface area contributed by atoms with Gasteiger partial charge in [0.25, 0.3) is 0 Å². The first-order chi connectivity index (χ1) is 6.11. The average molecular weight is 182 g/mol. The molecule has 0 aliphatic rings. The van der Waals surface area contributed by atoms with E-state index in [-0.39, 0.29) is 11.3 Å². The number of aromatic carboxylic acids is 1. The summed E-state index contributed by atoms with van der Waals surface area (Å²) >= 11 is 0. The van der Waals surface area contributed by atoms with E-state index in [1.165, 1.54) is 19.1 Å². The van der Waals surface area contributed by atoms with Crippen molar-refractivity contribution in [2.45, 2.75) is 13.2 Å². The van der Waals surface area contributed by atoms with Crippen LogP contribution in [0.2, 0.25) is 0 Å². The van der Waals surface area contributed by atoms with Gasteiger partial charge in [0, 0.05) is 0 Å². The Bertz CT molecular complexity index is 306. The summed E-state index contributed by atoms with van der Waals surface area (Å²) in [5.74, 6) is -0.902. The molecule has 0 bridgehead atoms. The number of para-hydroxylation sites is 1. The Morgan fingerprint density at radius 3 is 2.62 bits per heavy atom. The summed E-state index contributed by atoms with van der Waals surface area (Å²) in [5.41, 5.74) is 0.0448. The van der Waals surface area contributed by atoms with E-state index in [2.05, 4.69) is 0 Å². The molecule has 0 fully saturated rings. The molecule has 0 amide bonds. The van der Waals surface area contributed by atoms with Crippen LogP contribution in [0.1, 0.15) is 17.3 Å². The van der Waals surface area contributed by atoms with Crippen LogP contribution in [0.15, 0.2) is 24.3 Å². The van der Waals surface area contributed by atoms with Crippen molar-refractivity contribution in [3.05, 3.63) is 29.8 Å². The number of hydrogen-bond donors (Lipinski definition) is 2. The number of rotatable bonds is 3. The lowest BCUT2D eigenvalue weighted by Crippen LogP contribution is -2.12. The van der Waals surface area contributed by atoms with Crippen LogP contribution in [-0.4, -0.2) is 22.5 Å². The van der Waals surface area contributed by atoms with E-state index in [1.54, 1.807) is 12.1 Å². The van der Waals surface area contributed by atoms with E-state index in [1.807, 2.05) is 0 Å². The van der Waals surface area contributed by atoms with E-state index in [9.17, 15) is 4.79 Å². The van der Waals surface area contributed by atoms with Crippen molar-refractivity contribution < 1.29 is 19.7 Å². The second kappa shape index (κ2) is 3.91. The van der Waals surface area contributed by atoms with Crippen LogP contribution in [0.3, 0.4) is 0 Å². The lowest BCUT2D eigenvalue weighted by atomic mass is 10.2. The van der Waals surface area contributed by atoms with E-state index < -0.39 is 12.3 Å². The highest BCUT2D eigenvalue weighted by Gasteiger charge is 2.10. The fourth-order valence-corrected chi connectivity index (χ4v) is 0.930. The minimum Gasteiger partial charge on any atom is -0.478 e. The van der Waals surface area contributed by atoms with Crippen molar-refractivity contribution in [2.24, 2.45) is 0 Å². The molecule has 0 radical (unpaired) electrons. The molecule has 4 heteroatoms. The van der Waals surface area contributed by atoms with Gasteiger partial charge in [-0.1, -0.05) is 12.1 Å². The minimum atomic E-state index is -1.07. The summed E-state index contributed by atoms with van der Waals surface area (Å²) in [7, 11) is 0. The zero-order valence-electron chi connectivity index (χ0n) is 7.10. The second-order valence-electron chi connectivity index (χ2n) is 2.52. The third-order valence-electron chi connectivity index (χ3n) is 1.41. The van der Waals surface area contributed by atoms with Gasteiger partial charge in [0.2, 0.25) is 0 Å². The third kappa shape index (κ3) is 2.45. The smallest absolute Gasteiger partial charge is 0.339 e. The monoisotopic (exact) mass is 182 g/mol. The molecule has 0 aliphatic heterocycles. The molecule has 0 aliphatic carbocycles. The summed E-state index contributed by atoms with van der Waals surface area (Å²) in [6.45, 7) is 1.42. The van der Waals surface area contributed by atoms with Gasteiger partial charge in [-0.05, 0) is 19.1 Å². The van der Waals surface area contributed by atoms with Gasteiger partial charge < -0.3 is 14.9 Å². The largest absolute Gasteiger partial charge is 0.478 e. The molecule has 1 rings (SSSR count). The fourth-order valence-electron chi connectivity index (χ4n) is 0.930. The van der Waals surface area contributed by atoms with E-state index >= 15 is 0 Å². The first-order valence-electron chi connectivity index (χ1n) is 3.78. The summed E-state index contributed by atoms with van der Waals surface area (Å²) in [5, 5.41) is 17.6. The average Bonchev–Trinajstić information content (AvgIpc) is 2.03. The quantitative estimate of drug-likeness (QED) is 0.687. The first kappa shape index (κ1) is 9.54. The van der Waals surface area contributed by atoms with Gasteiger partial charge in [0.15, 0.2) is 6.29 Å². The molecule has 70 valence electrons. The number of aliphatic hydroxyl groups is 1. The van der Waals surface area contributed by atoms with Crippen molar-refractivity contribution in [3.63, 3.8) is 0 Å². The van der Waals surface area contributed by atoms with E-state index in [4.69, 9.17) is 14.9 Å². The molecule has 1 unspecified atom stereocenters. The summed E-state index contributed by atoms with van der Waals surface area (Å²) in [6.07, 6.45) is -1.01. The highest BCUT2D eigenvalue weighted by atomic mass is 16.6. The third-order valence-corrected chi connectivity index (χ3v) is 1.41. The molecule has 1 atom stereocenters. The highest BCUT2D eigenvalue weighted by molar-refractivity contribution is 5.90. The SMILES string of the molecule is CC(O)Oc1ccccc1C(=O)O. The zero-order valence-corrected chi connectivity index (χ0v) is 7.10. The molecule has 4 nitrogen and oxygen atoms in total. The van der Waals surface area contributed by atoms with Crippen LogP contribution < -0.4 is 4.74 Å². The number of ether oxygens (including phenoxy) is 1. The topological polar surface area (TPSA) is 66.8 Å². The molecule has 0 saturated heterocycles.